The van der Waals surface area contributed by atoms with Crippen molar-refractivity contribution >= 4 is 10.9 Å². The average molecular weight is 460 g/mol. The number of benzene rings is 2. The van der Waals surface area contributed by atoms with Crippen molar-refractivity contribution in [2.24, 2.45) is 0 Å². The van der Waals surface area contributed by atoms with Gasteiger partial charge in [-0.3, -0.25) is 9.78 Å². The number of pyridine rings is 2. The third-order valence-electron chi connectivity index (χ3n) is 5.85. The number of rotatable bonds is 4. The fourth-order valence-corrected chi connectivity index (χ4v) is 4.03. The van der Waals surface area contributed by atoms with Gasteiger partial charge >= 0.3 is 6.18 Å². The fourth-order valence-electron chi connectivity index (χ4n) is 4.03. The van der Waals surface area contributed by atoms with Crippen molar-refractivity contribution in [2.75, 3.05) is 0 Å². The van der Waals surface area contributed by atoms with Gasteiger partial charge in [-0.2, -0.15) is 18.3 Å². The van der Waals surface area contributed by atoms with E-state index in [0.29, 0.717) is 16.9 Å². The van der Waals surface area contributed by atoms with Gasteiger partial charge in [-0.25, -0.2) is 4.68 Å². The van der Waals surface area contributed by atoms with Gasteiger partial charge in [0.15, 0.2) is 0 Å². The van der Waals surface area contributed by atoms with E-state index in [1.165, 1.54) is 18.2 Å². The SMILES string of the molecule is C[C@@H](c1ccncc1)n1ccc(-c2nn(-c3ccc(C(F)(F)F)cc3)c3ccccc23)cc1=O. The van der Waals surface area contributed by atoms with Gasteiger partial charge in [-0.15, -0.1) is 0 Å². The van der Waals surface area contributed by atoms with Crippen LogP contribution in [0.25, 0.3) is 27.8 Å². The van der Waals surface area contributed by atoms with Crippen LogP contribution in [0.3, 0.4) is 0 Å². The molecule has 5 rings (SSSR count). The molecule has 0 aliphatic heterocycles. The fraction of sp³-hybridized carbons (Fsp3) is 0.115. The molecule has 0 radical (unpaired) electrons. The summed E-state index contributed by atoms with van der Waals surface area (Å²) in [5, 5.41) is 5.47. The van der Waals surface area contributed by atoms with Gasteiger partial charge in [0.05, 0.1) is 22.8 Å². The Labute approximate surface area is 192 Å². The second-order valence-corrected chi connectivity index (χ2v) is 7.94. The standard InChI is InChI=1S/C26H19F3N4O/c1-17(18-10-13-30-14-11-18)32-15-12-19(16-24(32)34)25-22-4-2-3-5-23(22)33(31-25)21-8-6-20(7-9-21)26(27,28)29/h2-17H,1H3/t17-/m0/s1. The van der Waals surface area contributed by atoms with Crippen molar-refractivity contribution in [2.45, 2.75) is 19.1 Å². The maximum Gasteiger partial charge on any atom is 0.416 e. The summed E-state index contributed by atoms with van der Waals surface area (Å²) in [5.74, 6) is 0. The van der Waals surface area contributed by atoms with Crippen LogP contribution in [0.4, 0.5) is 13.2 Å². The first-order chi connectivity index (χ1) is 16.3. The first-order valence-electron chi connectivity index (χ1n) is 10.6. The van der Waals surface area contributed by atoms with Crippen LogP contribution < -0.4 is 5.56 Å². The Morgan fingerprint density at radius 1 is 0.912 bits per heavy atom. The number of hydrogen-bond acceptors (Lipinski definition) is 3. The highest BCUT2D eigenvalue weighted by Crippen LogP contribution is 2.32. The van der Waals surface area contributed by atoms with Gasteiger partial charge in [-0.1, -0.05) is 18.2 Å². The average Bonchev–Trinajstić information content (AvgIpc) is 3.23. The van der Waals surface area contributed by atoms with Crippen molar-refractivity contribution in [1.82, 2.24) is 19.3 Å². The van der Waals surface area contributed by atoms with Crippen molar-refractivity contribution < 1.29 is 13.2 Å². The highest BCUT2D eigenvalue weighted by molar-refractivity contribution is 5.94. The predicted molar refractivity (Wildman–Crippen MR) is 124 cm³/mol. The molecule has 2 aromatic carbocycles. The van der Waals surface area contributed by atoms with Gasteiger partial charge in [0.1, 0.15) is 5.69 Å². The van der Waals surface area contributed by atoms with E-state index in [-0.39, 0.29) is 11.6 Å². The molecule has 0 fully saturated rings. The van der Waals surface area contributed by atoms with E-state index in [9.17, 15) is 18.0 Å². The summed E-state index contributed by atoms with van der Waals surface area (Å²) in [5.41, 5.74) is 2.49. The Hall–Kier alpha value is -4.20. The van der Waals surface area contributed by atoms with Crippen molar-refractivity contribution in [3.05, 3.63) is 113 Å². The van der Waals surface area contributed by atoms with E-state index in [4.69, 9.17) is 0 Å². The molecule has 0 spiro atoms. The van der Waals surface area contributed by atoms with Gasteiger partial charge in [-0.05, 0) is 61.0 Å². The number of hydrogen-bond donors (Lipinski definition) is 0. The number of halogens is 3. The summed E-state index contributed by atoms with van der Waals surface area (Å²) >= 11 is 0. The summed E-state index contributed by atoms with van der Waals surface area (Å²) in [6.45, 7) is 1.94. The number of nitrogens with zero attached hydrogens (tertiary/aromatic N) is 4. The smallest absolute Gasteiger partial charge is 0.308 e. The van der Waals surface area contributed by atoms with Crippen LogP contribution in [0.1, 0.15) is 24.1 Å². The molecule has 34 heavy (non-hydrogen) atoms. The third kappa shape index (κ3) is 3.87. The summed E-state index contributed by atoms with van der Waals surface area (Å²) in [6.07, 6.45) is 0.693. The molecule has 0 N–H and O–H groups in total. The molecule has 170 valence electrons. The molecule has 3 aromatic heterocycles. The first kappa shape index (κ1) is 21.6. The van der Waals surface area contributed by atoms with Crippen LogP contribution in [0.5, 0.6) is 0 Å². The lowest BCUT2D eigenvalue weighted by atomic mass is 10.1. The molecule has 5 nitrogen and oxygen atoms in total. The lowest BCUT2D eigenvalue weighted by Gasteiger charge is -2.15. The van der Waals surface area contributed by atoms with Crippen molar-refractivity contribution in [1.29, 1.82) is 0 Å². The molecule has 8 heteroatoms. The molecule has 0 aliphatic rings. The minimum atomic E-state index is -4.41. The zero-order chi connectivity index (χ0) is 23.9. The van der Waals surface area contributed by atoms with Crippen LogP contribution in [-0.4, -0.2) is 19.3 Å². The van der Waals surface area contributed by atoms with E-state index in [2.05, 4.69) is 10.1 Å². The zero-order valence-electron chi connectivity index (χ0n) is 18.1. The summed E-state index contributed by atoms with van der Waals surface area (Å²) in [6, 6.07) is 19.2. The van der Waals surface area contributed by atoms with Crippen LogP contribution in [-0.2, 0) is 6.18 Å². The van der Waals surface area contributed by atoms with Crippen molar-refractivity contribution in [3.63, 3.8) is 0 Å². The third-order valence-corrected chi connectivity index (χ3v) is 5.85. The van der Waals surface area contributed by atoms with Crippen molar-refractivity contribution in [3.8, 4) is 16.9 Å². The molecule has 0 aliphatic carbocycles. The molecule has 0 saturated carbocycles. The van der Waals surface area contributed by atoms with Crippen LogP contribution >= 0.6 is 0 Å². The largest absolute Gasteiger partial charge is 0.416 e. The molecule has 1 atom stereocenters. The summed E-state index contributed by atoms with van der Waals surface area (Å²) < 4.78 is 42.2. The Balaban J connectivity index is 1.58. The Morgan fingerprint density at radius 3 is 2.29 bits per heavy atom. The van der Waals surface area contributed by atoms with Gasteiger partial charge < -0.3 is 4.57 Å². The molecule has 0 unspecified atom stereocenters. The quantitative estimate of drug-likeness (QED) is 0.337. The molecular weight excluding hydrogens is 441 g/mol. The first-order valence-corrected chi connectivity index (χ1v) is 10.6. The van der Waals surface area contributed by atoms with Crippen LogP contribution in [0.15, 0.2) is 96.2 Å². The van der Waals surface area contributed by atoms with E-state index in [0.717, 1.165) is 28.6 Å². The van der Waals surface area contributed by atoms with Crippen LogP contribution in [0, 0.1) is 0 Å². The van der Waals surface area contributed by atoms with E-state index < -0.39 is 11.7 Å². The maximum absolute atomic E-state index is 13.0. The molecule has 0 bridgehead atoms. The maximum atomic E-state index is 13.0. The molecule has 5 aromatic rings. The molecule has 3 heterocycles. The zero-order valence-corrected chi connectivity index (χ0v) is 18.1. The molecular formula is C26H19F3N4O. The Kier molecular flexibility index (Phi) is 5.28. The Bertz CT molecular complexity index is 1520. The molecule has 0 saturated heterocycles. The van der Waals surface area contributed by atoms with Gasteiger partial charge in [0, 0.05) is 35.6 Å². The van der Waals surface area contributed by atoms with E-state index in [1.54, 1.807) is 27.8 Å². The van der Waals surface area contributed by atoms with Gasteiger partial charge in [0.2, 0.25) is 0 Å². The second kappa shape index (κ2) is 8.30. The number of fused-ring (bicyclic) bond motifs is 1. The number of para-hydroxylation sites is 1. The minimum absolute atomic E-state index is 0.175. The number of alkyl halides is 3. The lowest BCUT2D eigenvalue weighted by Crippen LogP contribution is -2.22. The highest BCUT2D eigenvalue weighted by Gasteiger charge is 2.30. The molecule has 0 amide bonds. The van der Waals surface area contributed by atoms with Gasteiger partial charge in [0.25, 0.3) is 5.56 Å². The Morgan fingerprint density at radius 2 is 1.62 bits per heavy atom. The summed E-state index contributed by atoms with van der Waals surface area (Å²) in [4.78, 5) is 17.0. The van der Waals surface area contributed by atoms with Crippen LogP contribution in [0.2, 0.25) is 0 Å². The topological polar surface area (TPSA) is 52.7 Å². The number of aromatic nitrogens is 4. The lowest BCUT2D eigenvalue weighted by molar-refractivity contribution is -0.137. The van der Waals surface area contributed by atoms with E-state index in [1.807, 2.05) is 49.4 Å². The normalized spacial score (nSPS) is 12.7. The minimum Gasteiger partial charge on any atom is -0.308 e. The monoisotopic (exact) mass is 460 g/mol. The highest BCUT2D eigenvalue weighted by atomic mass is 19.4. The van der Waals surface area contributed by atoms with E-state index >= 15 is 0 Å². The second-order valence-electron chi connectivity index (χ2n) is 7.94. The predicted octanol–water partition coefficient (Wildman–Crippen LogP) is 5.88. The summed E-state index contributed by atoms with van der Waals surface area (Å²) in [7, 11) is 0.